The average molecular weight is 343 g/mol. The molecule has 0 aliphatic heterocycles. The lowest BCUT2D eigenvalue weighted by Gasteiger charge is -2.22. The molecule has 0 unspecified atom stereocenters. The summed E-state index contributed by atoms with van der Waals surface area (Å²) in [5, 5.41) is 16.1. The maximum Gasteiger partial charge on any atom is 0.175 e. The van der Waals surface area contributed by atoms with Gasteiger partial charge in [0.15, 0.2) is 5.11 Å². The van der Waals surface area contributed by atoms with Crippen LogP contribution in [-0.4, -0.2) is 29.9 Å². The van der Waals surface area contributed by atoms with E-state index in [0.717, 1.165) is 23.6 Å². The highest BCUT2D eigenvalue weighted by Crippen LogP contribution is 2.20. The molecule has 0 atom stereocenters. The predicted molar refractivity (Wildman–Crippen MR) is 107 cm³/mol. The summed E-state index contributed by atoms with van der Waals surface area (Å²) in [5.74, 6) is 0. The van der Waals surface area contributed by atoms with Crippen molar-refractivity contribution in [2.45, 2.75) is 20.8 Å². The van der Waals surface area contributed by atoms with Crippen molar-refractivity contribution in [3.05, 3.63) is 53.6 Å². The Morgan fingerprint density at radius 3 is 2.42 bits per heavy atom. The monoisotopic (exact) mass is 343 g/mol. The number of aliphatic hydroxyl groups is 1. The van der Waals surface area contributed by atoms with Gasteiger partial charge in [-0.15, -0.1) is 0 Å². The lowest BCUT2D eigenvalue weighted by atomic mass is 10.1. The summed E-state index contributed by atoms with van der Waals surface area (Å²) in [6.45, 7) is 7.88. The Kier molecular flexibility index (Phi) is 6.58. The molecule has 0 fully saturated rings. The van der Waals surface area contributed by atoms with Crippen molar-refractivity contribution < 1.29 is 5.11 Å². The van der Waals surface area contributed by atoms with E-state index in [1.165, 1.54) is 11.1 Å². The average Bonchev–Trinajstić information content (AvgIpc) is 2.58. The Hall–Kier alpha value is -2.11. The van der Waals surface area contributed by atoms with Gasteiger partial charge in [-0.3, -0.25) is 0 Å². The van der Waals surface area contributed by atoms with Crippen LogP contribution in [0.15, 0.2) is 42.5 Å². The third kappa shape index (κ3) is 4.69. The summed E-state index contributed by atoms with van der Waals surface area (Å²) in [7, 11) is 0. The summed E-state index contributed by atoms with van der Waals surface area (Å²) in [6, 6.07) is 14.2. The van der Waals surface area contributed by atoms with Gasteiger partial charge in [-0.25, -0.2) is 0 Å². The van der Waals surface area contributed by atoms with E-state index in [9.17, 15) is 0 Å². The number of likely N-dealkylation sites (N-methyl/N-ethyl adjacent to an activating group) is 1. The second-order valence-electron chi connectivity index (χ2n) is 5.68. The molecule has 2 aromatic rings. The minimum Gasteiger partial charge on any atom is -0.395 e. The Labute approximate surface area is 149 Å². The van der Waals surface area contributed by atoms with E-state index in [2.05, 4.69) is 42.4 Å². The van der Waals surface area contributed by atoms with Gasteiger partial charge < -0.3 is 20.6 Å². The fourth-order valence-corrected chi connectivity index (χ4v) is 2.75. The van der Waals surface area contributed by atoms with Crippen LogP contribution in [0, 0.1) is 13.8 Å². The second-order valence-corrected chi connectivity index (χ2v) is 6.08. The van der Waals surface area contributed by atoms with Gasteiger partial charge in [0, 0.05) is 30.2 Å². The molecule has 2 aromatic carbocycles. The van der Waals surface area contributed by atoms with Gasteiger partial charge in [-0.05, 0) is 74.4 Å². The van der Waals surface area contributed by atoms with Crippen molar-refractivity contribution in [3.63, 3.8) is 0 Å². The fraction of sp³-hybridized carbons (Fsp3) is 0.316. The molecular weight excluding hydrogens is 318 g/mol. The summed E-state index contributed by atoms with van der Waals surface area (Å²) < 4.78 is 0. The standard InChI is InChI=1S/C19H25N3OS/c1-4-22(12-13-23)17-10-8-16(9-11-17)20-19(24)21-18-7-5-6-14(2)15(18)3/h5-11,23H,4,12-13H2,1-3H3,(H2,20,21,24). The molecule has 128 valence electrons. The number of nitrogens with one attached hydrogen (secondary N) is 2. The first kappa shape index (κ1) is 18.2. The van der Waals surface area contributed by atoms with Gasteiger partial charge in [-0.1, -0.05) is 12.1 Å². The second kappa shape index (κ2) is 8.66. The highest BCUT2D eigenvalue weighted by molar-refractivity contribution is 7.80. The summed E-state index contributed by atoms with van der Waals surface area (Å²) >= 11 is 5.40. The molecular formula is C19H25N3OS. The zero-order valence-corrected chi connectivity index (χ0v) is 15.3. The van der Waals surface area contributed by atoms with Crippen molar-refractivity contribution in [3.8, 4) is 0 Å². The Balaban J connectivity index is 2.00. The zero-order chi connectivity index (χ0) is 17.5. The van der Waals surface area contributed by atoms with Gasteiger partial charge >= 0.3 is 0 Å². The molecule has 0 radical (unpaired) electrons. The molecule has 0 amide bonds. The number of hydrogen-bond acceptors (Lipinski definition) is 3. The van der Waals surface area contributed by atoms with E-state index in [1.54, 1.807) is 0 Å². The molecule has 24 heavy (non-hydrogen) atoms. The first-order chi connectivity index (χ1) is 11.5. The lowest BCUT2D eigenvalue weighted by Crippen LogP contribution is -2.26. The van der Waals surface area contributed by atoms with Crippen molar-refractivity contribution in [2.24, 2.45) is 0 Å². The van der Waals surface area contributed by atoms with E-state index in [4.69, 9.17) is 17.3 Å². The maximum absolute atomic E-state index is 9.11. The Bertz CT molecular complexity index is 686. The van der Waals surface area contributed by atoms with Crippen LogP contribution in [0.25, 0.3) is 0 Å². The van der Waals surface area contributed by atoms with E-state index in [-0.39, 0.29) is 6.61 Å². The number of thiocarbonyl (C=S) groups is 1. The quantitative estimate of drug-likeness (QED) is 0.694. The van der Waals surface area contributed by atoms with Crippen LogP contribution in [0.2, 0.25) is 0 Å². The smallest absolute Gasteiger partial charge is 0.175 e. The van der Waals surface area contributed by atoms with Gasteiger partial charge in [0.05, 0.1) is 6.61 Å². The first-order valence-corrected chi connectivity index (χ1v) is 8.56. The van der Waals surface area contributed by atoms with Crippen LogP contribution in [-0.2, 0) is 0 Å². The van der Waals surface area contributed by atoms with Crippen LogP contribution in [0.3, 0.4) is 0 Å². The zero-order valence-electron chi connectivity index (χ0n) is 14.5. The third-order valence-electron chi connectivity index (χ3n) is 4.09. The fourth-order valence-electron chi connectivity index (χ4n) is 2.52. The highest BCUT2D eigenvalue weighted by Gasteiger charge is 2.05. The van der Waals surface area contributed by atoms with Crippen molar-refractivity contribution >= 4 is 34.4 Å². The van der Waals surface area contributed by atoms with Crippen LogP contribution < -0.4 is 15.5 Å². The molecule has 0 bridgehead atoms. The SMILES string of the molecule is CCN(CCO)c1ccc(NC(=S)Nc2cccc(C)c2C)cc1. The first-order valence-electron chi connectivity index (χ1n) is 8.15. The van der Waals surface area contributed by atoms with E-state index < -0.39 is 0 Å². The topological polar surface area (TPSA) is 47.5 Å². The molecule has 0 aliphatic carbocycles. The Morgan fingerprint density at radius 1 is 1.08 bits per heavy atom. The molecule has 0 spiro atoms. The van der Waals surface area contributed by atoms with E-state index in [0.29, 0.717) is 11.7 Å². The molecule has 0 aromatic heterocycles. The number of hydrogen-bond donors (Lipinski definition) is 3. The van der Waals surface area contributed by atoms with Crippen molar-refractivity contribution in [1.29, 1.82) is 0 Å². The van der Waals surface area contributed by atoms with Gasteiger partial charge in [0.2, 0.25) is 0 Å². The largest absolute Gasteiger partial charge is 0.395 e. The van der Waals surface area contributed by atoms with Crippen LogP contribution in [0.4, 0.5) is 17.1 Å². The predicted octanol–water partition coefficient (Wildman–Crippen LogP) is 3.93. The van der Waals surface area contributed by atoms with Crippen LogP contribution in [0.1, 0.15) is 18.1 Å². The normalized spacial score (nSPS) is 10.3. The number of rotatable bonds is 6. The summed E-state index contributed by atoms with van der Waals surface area (Å²) in [6.07, 6.45) is 0. The van der Waals surface area contributed by atoms with Crippen molar-refractivity contribution in [1.82, 2.24) is 0 Å². The van der Waals surface area contributed by atoms with E-state index in [1.807, 2.05) is 36.4 Å². The van der Waals surface area contributed by atoms with Gasteiger partial charge in [-0.2, -0.15) is 0 Å². The van der Waals surface area contributed by atoms with Crippen LogP contribution in [0.5, 0.6) is 0 Å². The summed E-state index contributed by atoms with van der Waals surface area (Å²) in [5.41, 5.74) is 5.46. The highest BCUT2D eigenvalue weighted by atomic mass is 32.1. The van der Waals surface area contributed by atoms with Crippen LogP contribution >= 0.6 is 12.2 Å². The summed E-state index contributed by atoms with van der Waals surface area (Å²) in [4.78, 5) is 2.12. The van der Waals surface area contributed by atoms with Gasteiger partial charge in [0.25, 0.3) is 0 Å². The number of aliphatic hydroxyl groups excluding tert-OH is 1. The minimum atomic E-state index is 0.150. The third-order valence-corrected chi connectivity index (χ3v) is 4.30. The molecule has 5 heteroatoms. The Morgan fingerprint density at radius 2 is 1.79 bits per heavy atom. The number of anilines is 3. The van der Waals surface area contributed by atoms with Crippen molar-refractivity contribution in [2.75, 3.05) is 35.2 Å². The number of aryl methyl sites for hydroxylation is 1. The molecule has 0 saturated heterocycles. The molecule has 0 saturated carbocycles. The van der Waals surface area contributed by atoms with Gasteiger partial charge in [0.1, 0.15) is 0 Å². The maximum atomic E-state index is 9.11. The molecule has 3 N–H and O–H groups in total. The van der Waals surface area contributed by atoms with E-state index >= 15 is 0 Å². The number of nitrogens with zero attached hydrogens (tertiary/aromatic N) is 1. The lowest BCUT2D eigenvalue weighted by molar-refractivity contribution is 0.302. The molecule has 4 nitrogen and oxygen atoms in total. The molecule has 2 rings (SSSR count). The minimum absolute atomic E-state index is 0.150. The number of benzene rings is 2. The molecule has 0 heterocycles. The molecule has 0 aliphatic rings.